The zero-order valence-electron chi connectivity index (χ0n) is 10.7. The lowest BCUT2D eigenvalue weighted by Gasteiger charge is -2.13. The van der Waals surface area contributed by atoms with Crippen molar-refractivity contribution in [3.8, 4) is 0 Å². The summed E-state index contributed by atoms with van der Waals surface area (Å²) >= 11 is 0. The number of rotatable bonds is 5. The Balaban J connectivity index is 2.73. The Hall–Kier alpha value is -1.88. The molecule has 1 N–H and O–H groups in total. The lowest BCUT2D eigenvalue weighted by atomic mass is 10.1. The molecule has 0 radical (unpaired) electrons. The number of carbonyl (C=O) groups is 2. The number of nitrogens with one attached hydrogen (secondary N) is 1. The maximum absolute atomic E-state index is 11.5. The van der Waals surface area contributed by atoms with Gasteiger partial charge in [-0.1, -0.05) is 18.2 Å². The number of hydrogen-bond acceptors (Lipinski definition) is 5. The standard InChI is InChI=1S/C13H17NO4/c1-9(12(15)17-2)14-8-10-6-4-5-7-11(10)13(16)18-3/h4-7,9,14H,8H2,1-3H3. The van der Waals surface area contributed by atoms with Crippen LogP contribution in [-0.2, 0) is 20.8 Å². The van der Waals surface area contributed by atoms with Crippen LogP contribution in [0.2, 0.25) is 0 Å². The van der Waals surface area contributed by atoms with Gasteiger partial charge in [0.25, 0.3) is 0 Å². The highest BCUT2D eigenvalue weighted by Crippen LogP contribution is 2.10. The maximum atomic E-state index is 11.5. The number of carbonyl (C=O) groups excluding carboxylic acids is 2. The van der Waals surface area contributed by atoms with Crippen molar-refractivity contribution >= 4 is 11.9 Å². The summed E-state index contributed by atoms with van der Waals surface area (Å²) < 4.78 is 9.30. The highest BCUT2D eigenvalue weighted by Gasteiger charge is 2.15. The third-order valence-corrected chi connectivity index (χ3v) is 2.58. The van der Waals surface area contributed by atoms with E-state index in [0.29, 0.717) is 12.1 Å². The van der Waals surface area contributed by atoms with Crippen LogP contribution in [0.5, 0.6) is 0 Å². The van der Waals surface area contributed by atoms with Gasteiger partial charge in [-0.2, -0.15) is 0 Å². The molecule has 5 nitrogen and oxygen atoms in total. The molecule has 0 amide bonds. The van der Waals surface area contributed by atoms with Gasteiger partial charge in [-0.05, 0) is 18.6 Å². The molecule has 0 saturated heterocycles. The van der Waals surface area contributed by atoms with Crippen molar-refractivity contribution in [3.63, 3.8) is 0 Å². The second kappa shape index (κ2) is 6.76. The molecule has 0 spiro atoms. The van der Waals surface area contributed by atoms with Gasteiger partial charge in [-0.3, -0.25) is 4.79 Å². The van der Waals surface area contributed by atoms with Crippen LogP contribution in [0.1, 0.15) is 22.8 Å². The first-order chi connectivity index (χ1) is 8.60. The Morgan fingerprint density at radius 2 is 1.89 bits per heavy atom. The fraction of sp³-hybridized carbons (Fsp3) is 0.385. The van der Waals surface area contributed by atoms with Crippen molar-refractivity contribution < 1.29 is 19.1 Å². The van der Waals surface area contributed by atoms with E-state index in [0.717, 1.165) is 5.56 Å². The fourth-order valence-electron chi connectivity index (χ4n) is 1.51. The molecular weight excluding hydrogens is 234 g/mol. The third kappa shape index (κ3) is 3.56. The molecule has 0 aliphatic carbocycles. The highest BCUT2D eigenvalue weighted by atomic mass is 16.5. The van der Waals surface area contributed by atoms with Crippen molar-refractivity contribution in [2.45, 2.75) is 19.5 Å². The van der Waals surface area contributed by atoms with Crippen molar-refractivity contribution in [2.75, 3.05) is 14.2 Å². The number of ether oxygens (including phenoxy) is 2. The van der Waals surface area contributed by atoms with Crippen molar-refractivity contribution in [2.24, 2.45) is 0 Å². The van der Waals surface area contributed by atoms with E-state index in [1.54, 1.807) is 19.1 Å². The zero-order chi connectivity index (χ0) is 13.5. The Morgan fingerprint density at radius 3 is 2.50 bits per heavy atom. The quantitative estimate of drug-likeness (QED) is 0.794. The predicted octanol–water partition coefficient (Wildman–Crippen LogP) is 1.12. The molecule has 0 heterocycles. The summed E-state index contributed by atoms with van der Waals surface area (Å²) in [5, 5.41) is 2.99. The summed E-state index contributed by atoms with van der Waals surface area (Å²) in [6.07, 6.45) is 0. The highest BCUT2D eigenvalue weighted by molar-refractivity contribution is 5.91. The number of methoxy groups -OCH3 is 2. The van der Waals surface area contributed by atoms with E-state index in [1.807, 2.05) is 12.1 Å². The van der Waals surface area contributed by atoms with Gasteiger partial charge in [-0.25, -0.2) is 4.79 Å². The first kappa shape index (κ1) is 14.2. The van der Waals surface area contributed by atoms with Crippen LogP contribution in [0.3, 0.4) is 0 Å². The second-order valence-electron chi connectivity index (χ2n) is 3.77. The SMILES string of the molecule is COC(=O)c1ccccc1CNC(C)C(=O)OC. The van der Waals surface area contributed by atoms with Crippen LogP contribution >= 0.6 is 0 Å². The third-order valence-electron chi connectivity index (χ3n) is 2.58. The second-order valence-corrected chi connectivity index (χ2v) is 3.77. The van der Waals surface area contributed by atoms with Gasteiger partial charge < -0.3 is 14.8 Å². The van der Waals surface area contributed by atoms with Crippen LogP contribution in [0.15, 0.2) is 24.3 Å². The molecule has 1 aromatic rings. The Bertz CT molecular complexity index is 431. The van der Waals surface area contributed by atoms with E-state index >= 15 is 0 Å². The molecule has 0 aromatic heterocycles. The minimum absolute atomic E-state index is 0.342. The zero-order valence-corrected chi connectivity index (χ0v) is 10.7. The summed E-state index contributed by atoms with van der Waals surface area (Å²) in [5.74, 6) is -0.733. The first-order valence-corrected chi connectivity index (χ1v) is 5.57. The Morgan fingerprint density at radius 1 is 1.22 bits per heavy atom. The molecule has 1 aromatic carbocycles. The van der Waals surface area contributed by atoms with E-state index in [4.69, 9.17) is 4.74 Å². The fourth-order valence-corrected chi connectivity index (χ4v) is 1.51. The number of hydrogen-bond donors (Lipinski definition) is 1. The van der Waals surface area contributed by atoms with E-state index in [2.05, 4.69) is 10.1 Å². The molecule has 18 heavy (non-hydrogen) atoms. The smallest absolute Gasteiger partial charge is 0.338 e. The van der Waals surface area contributed by atoms with Gasteiger partial charge in [0.05, 0.1) is 19.8 Å². The van der Waals surface area contributed by atoms with Crippen LogP contribution < -0.4 is 5.32 Å². The maximum Gasteiger partial charge on any atom is 0.338 e. The van der Waals surface area contributed by atoms with E-state index in [9.17, 15) is 9.59 Å². The van der Waals surface area contributed by atoms with E-state index in [-0.39, 0.29) is 5.97 Å². The summed E-state index contributed by atoms with van der Waals surface area (Å²) in [7, 11) is 2.67. The topological polar surface area (TPSA) is 64.6 Å². The van der Waals surface area contributed by atoms with Crippen molar-refractivity contribution in [3.05, 3.63) is 35.4 Å². The van der Waals surface area contributed by atoms with Crippen molar-refractivity contribution in [1.29, 1.82) is 0 Å². The molecular formula is C13H17NO4. The molecule has 98 valence electrons. The molecule has 5 heteroatoms. The molecule has 1 atom stereocenters. The van der Waals surface area contributed by atoms with Crippen molar-refractivity contribution in [1.82, 2.24) is 5.32 Å². The van der Waals surface area contributed by atoms with E-state index in [1.165, 1.54) is 14.2 Å². The van der Waals surface area contributed by atoms with Gasteiger partial charge >= 0.3 is 11.9 Å². The predicted molar refractivity (Wildman–Crippen MR) is 66.1 cm³/mol. The minimum atomic E-state index is -0.430. The van der Waals surface area contributed by atoms with Crippen LogP contribution in [-0.4, -0.2) is 32.2 Å². The van der Waals surface area contributed by atoms with E-state index < -0.39 is 12.0 Å². The summed E-state index contributed by atoms with van der Waals surface area (Å²) in [6, 6.07) is 6.65. The monoisotopic (exact) mass is 251 g/mol. The number of benzene rings is 1. The van der Waals surface area contributed by atoms with Gasteiger partial charge in [0.2, 0.25) is 0 Å². The lowest BCUT2D eigenvalue weighted by Crippen LogP contribution is -2.34. The van der Waals surface area contributed by atoms with Gasteiger partial charge in [-0.15, -0.1) is 0 Å². The van der Waals surface area contributed by atoms with Crippen LogP contribution in [0, 0.1) is 0 Å². The average Bonchev–Trinajstić information content (AvgIpc) is 2.43. The average molecular weight is 251 g/mol. The van der Waals surface area contributed by atoms with Gasteiger partial charge in [0.15, 0.2) is 0 Å². The van der Waals surface area contributed by atoms with Gasteiger partial charge in [0, 0.05) is 6.54 Å². The Kier molecular flexibility index (Phi) is 5.32. The summed E-state index contributed by atoms with van der Waals surface area (Å²) in [4.78, 5) is 22.8. The Labute approximate surface area is 106 Å². The molecule has 0 aliphatic rings. The normalized spacial score (nSPS) is 11.7. The molecule has 0 aliphatic heterocycles. The molecule has 0 bridgehead atoms. The minimum Gasteiger partial charge on any atom is -0.468 e. The first-order valence-electron chi connectivity index (χ1n) is 5.57. The lowest BCUT2D eigenvalue weighted by molar-refractivity contribution is -0.142. The number of esters is 2. The molecule has 1 unspecified atom stereocenters. The molecule has 1 rings (SSSR count). The summed E-state index contributed by atoms with van der Waals surface area (Å²) in [5.41, 5.74) is 1.27. The van der Waals surface area contributed by atoms with Gasteiger partial charge in [0.1, 0.15) is 6.04 Å². The molecule has 0 fully saturated rings. The summed E-state index contributed by atoms with van der Waals surface area (Å²) in [6.45, 7) is 2.09. The van der Waals surface area contributed by atoms with Crippen LogP contribution in [0.4, 0.5) is 0 Å². The largest absolute Gasteiger partial charge is 0.468 e. The molecule has 0 saturated carbocycles. The van der Waals surface area contributed by atoms with Crippen LogP contribution in [0.25, 0.3) is 0 Å².